The summed E-state index contributed by atoms with van der Waals surface area (Å²) in [6.07, 6.45) is 4.73. The number of ether oxygens (including phenoxy) is 1. The molecule has 2 nitrogen and oxygen atoms in total. The van der Waals surface area contributed by atoms with Crippen molar-refractivity contribution in [1.82, 2.24) is 0 Å². The highest BCUT2D eigenvalue weighted by Gasteiger charge is 2.19. The monoisotopic (exact) mass is 143 g/mol. The zero-order valence-electron chi connectivity index (χ0n) is 6.47. The van der Waals surface area contributed by atoms with Crippen LogP contribution in [0.1, 0.15) is 32.6 Å². The second-order valence-electron chi connectivity index (χ2n) is 2.72. The van der Waals surface area contributed by atoms with Gasteiger partial charge in [-0.2, -0.15) is 0 Å². The summed E-state index contributed by atoms with van der Waals surface area (Å²) in [4.78, 5) is 0. The van der Waals surface area contributed by atoms with Gasteiger partial charge in [0.1, 0.15) is 0 Å². The maximum Gasteiger partial charge on any atom is 0.0935 e. The fourth-order valence-electron chi connectivity index (χ4n) is 1.33. The molecule has 1 aliphatic carbocycles. The van der Waals surface area contributed by atoms with Crippen LogP contribution in [0.2, 0.25) is 0 Å². The second kappa shape index (κ2) is 3.94. The number of aliphatic hydroxyl groups is 1. The Morgan fingerprint density at radius 1 is 1.50 bits per heavy atom. The molecule has 1 rings (SSSR count). The highest BCUT2D eigenvalue weighted by Crippen LogP contribution is 2.25. The van der Waals surface area contributed by atoms with Crippen molar-refractivity contribution >= 4 is 0 Å². The van der Waals surface area contributed by atoms with Crippen LogP contribution in [0.5, 0.6) is 0 Å². The van der Waals surface area contributed by atoms with E-state index in [2.05, 4.69) is 0 Å². The van der Waals surface area contributed by atoms with Gasteiger partial charge in [-0.05, 0) is 32.6 Å². The molecule has 0 amide bonds. The fourth-order valence-corrected chi connectivity index (χ4v) is 1.33. The molecule has 0 aromatic heterocycles. The minimum absolute atomic E-state index is 0.404. The molecule has 0 atom stereocenters. The first-order valence-corrected chi connectivity index (χ1v) is 3.98. The summed E-state index contributed by atoms with van der Waals surface area (Å²) in [5, 5.41) is 9.06. The topological polar surface area (TPSA) is 29.5 Å². The third-order valence-electron chi connectivity index (χ3n) is 1.91. The maximum absolute atomic E-state index is 9.06. The average Bonchev–Trinajstić information content (AvgIpc) is 1.95. The van der Waals surface area contributed by atoms with Crippen LogP contribution in [-0.4, -0.2) is 17.8 Å². The lowest BCUT2D eigenvalue weighted by atomic mass is 9.95. The van der Waals surface area contributed by atoms with Crippen LogP contribution in [0.25, 0.3) is 0 Å². The zero-order chi connectivity index (χ0) is 7.40. The zero-order valence-corrected chi connectivity index (χ0v) is 6.47. The van der Waals surface area contributed by atoms with Crippen LogP contribution in [0.4, 0.5) is 0 Å². The summed E-state index contributed by atoms with van der Waals surface area (Å²) in [7, 11) is 0. The van der Waals surface area contributed by atoms with E-state index in [-0.39, 0.29) is 0 Å². The summed E-state index contributed by atoms with van der Waals surface area (Å²) in [6.45, 7) is 2.81. The van der Waals surface area contributed by atoms with Crippen molar-refractivity contribution in [1.29, 1.82) is 0 Å². The van der Waals surface area contributed by atoms with Gasteiger partial charge < -0.3 is 9.84 Å². The van der Waals surface area contributed by atoms with Gasteiger partial charge in [0.25, 0.3) is 0 Å². The highest BCUT2D eigenvalue weighted by atomic mass is 16.5. The third kappa shape index (κ3) is 2.27. The number of aliphatic hydroxyl groups excluding tert-OH is 1. The van der Waals surface area contributed by atoms with Crippen molar-refractivity contribution in [3.63, 3.8) is 0 Å². The van der Waals surface area contributed by atoms with E-state index in [1.165, 1.54) is 0 Å². The van der Waals surface area contributed by atoms with Gasteiger partial charge in [-0.1, -0.05) is 0 Å². The molecule has 0 aromatic carbocycles. The fraction of sp³-hybridized carbons (Fsp3) is 0.875. The number of hydrogen-bond acceptors (Lipinski definition) is 2. The molecule has 10 heavy (non-hydrogen) atoms. The minimum atomic E-state index is 0.404. The first-order chi connectivity index (χ1) is 4.83. The first kappa shape index (κ1) is 8.02. The van der Waals surface area contributed by atoms with E-state index < -0.39 is 0 Å². The molecule has 1 saturated carbocycles. The van der Waals surface area contributed by atoms with E-state index in [1.54, 1.807) is 0 Å². The Kier molecular flexibility index (Phi) is 3.16. The predicted molar refractivity (Wildman–Crippen MR) is 39.1 cm³/mol. The van der Waals surface area contributed by atoms with Gasteiger partial charge >= 0.3 is 0 Å². The third-order valence-corrected chi connectivity index (χ3v) is 1.91. The standard InChI is InChI=1S/C8H15O2/c1-2-10-8-5-3-7(9)4-6-8/h8-9H,2-6H2,1H3. The van der Waals surface area contributed by atoms with E-state index in [0.717, 1.165) is 32.3 Å². The number of rotatable bonds is 2. The Hall–Kier alpha value is -0.0800. The molecule has 0 spiro atoms. The molecule has 1 fully saturated rings. The smallest absolute Gasteiger partial charge is 0.0935 e. The average molecular weight is 143 g/mol. The van der Waals surface area contributed by atoms with E-state index in [4.69, 9.17) is 9.84 Å². The van der Waals surface area contributed by atoms with E-state index >= 15 is 0 Å². The van der Waals surface area contributed by atoms with Gasteiger partial charge in [0.2, 0.25) is 0 Å². The predicted octanol–water partition coefficient (Wildman–Crippen LogP) is 1.87. The largest absolute Gasteiger partial charge is 0.387 e. The molecule has 0 heterocycles. The molecular weight excluding hydrogens is 128 g/mol. The second-order valence-corrected chi connectivity index (χ2v) is 2.72. The Morgan fingerprint density at radius 2 is 2.10 bits per heavy atom. The summed E-state index contributed by atoms with van der Waals surface area (Å²) in [6, 6.07) is 0. The van der Waals surface area contributed by atoms with Crippen molar-refractivity contribution < 1.29 is 9.84 Å². The molecule has 1 aliphatic rings. The lowest BCUT2D eigenvalue weighted by Crippen LogP contribution is -2.20. The van der Waals surface area contributed by atoms with Crippen LogP contribution in [0.15, 0.2) is 0 Å². The van der Waals surface area contributed by atoms with E-state index in [0.29, 0.717) is 12.2 Å². The van der Waals surface area contributed by atoms with Crippen LogP contribution >= 0.6 is 0 Å². The molecule has 0 bridgehead atoms. The Bertz CT molecular complexity index is 85.3. The van der Waals surface area contributed by atoms with Crippen LogP contribution in [0.3, 0.4) is 0 Å². The lowest BCUT2D eigenvalue weighted by Gasteiger charge is -2.24. The molecular formula is C8H15O2. The van der Waals surface area contributed by atoms with Gasteiger partial charge in [-0.3, -0.25) is 0 Å². The van der Waals surface area contributed by atoms with Crippen molar-refractivity contribution in [2.75, 3.05) is 6.61 Å². The minimum Gasteiger partial charge on any atom is -0.387 e. The maximum atomic E-state index is 9.06. The molecule has 59 valence electrons. The van der Waals surface area contributed by atoms with Crippen molar-refractivity contribution in [2.45, 2.75) is 38.7 Å². The lowest BCUT2D eigenvalue weighted by molar-refractivity contribution is 0.0264. The Labute approximate surface area is 62.2 Å². The van der Waals surface area contributed by atoms with E-state index in [1.807, 2.05) is 6.92 Å². The van der Waals surface area contributed by atoms with E-state index in [9.17, 15) is 0 Å². The van der Waals surface area contributed by atoms with Gasteiger partial charge in [0.15, 0.2) is 0 Å². The Morgan fingerprint density at radius 3 is 2.60 bits per heavy atom. The van der Waals surface area contributed by atoms with Crippen LogP contribution in [-0.2, 0) is 4.74 Å². The molecule has 0 aromatic rings. The molecule has 1 radical (unpaired) electrons. The molecule has 0 aliphatic heterocycles. The molecule has 2 heteroatoms. The van der Waals surface area contributed by atoms with Gasteiger partial charge in [0, 0.05) is 6.61 Å². The van der Waals surface area contributed by atoms with Gasteiger partial charge in [-0.15, -0.1) is 0 Å². The summed E-state index contributed by atoms with van der Waals surface area (Å²) in [5.74, 6) is 0. The van der Waals surface area contributed by atoms with Crippen molar-refractivity contribution in [3.8, 4) is 0 Å². The highest BCUT2D eigenvalue weighted by molar-refractivity contribution is 4.83. The molecule has 0 unspecified atom stereocenters. The van der Waals surface area contributed by atoms with Crippen molar-refractivity contribution in [3.05, 3.63) is 6.10 Å². The first-order valence-electron chi connectivity index (χ1n) is 3.98. The summed E-state index contributed by atoms with van der Waals surface area (Å²) in [5.41, 5.74) is 0. The Balaban J connectivity index is 2.13. The van der Waals surface area contributed by atoms with Crippen molar-refractivity contribution in [2.24, 2.45) is 0 Å². The summed E-state index contributed by atoms with van der Waals surface area (Å²) >= 11 is 0. The number of hydrogen-bond donors (Lipinski definition) is 1. The molecule has 1 N–H and O–H groups in total. The quantitative estimate of drug-likeness (QED) is 0.639. The summed E-state index contributed by atoms with van der Waals surface area (Å²) < 4.78 is 5.41. The SMILES string of the molecule is CCOC1CC[C](O)CC1. The molecule has 0 saturated heterocycles. The van der Waals surface area contributed by atoms with Gasteiger partial charge in [-0.25, -0.2) is 0 Å². The van der Waals surface area contributed by atoms with Gasteiger partial charge in [0.05, 0.1) is 12.2 Å². The van der Waals surface area contributed by atoms with Crippen LogP contribution in [0, 0.1) is 6.10 Å². The van der Waals surface area contributed by atoms with Crippen LogP contribution < -0.4 is 0 Å². The normalized spacial score (nSPS) is 23.4.